The molecule has 0 saturated carbocycles. The zero-order valence-corrected chi connectivity index (χ0v) is 10.7. The summed E-state index contributed by atoms with van der Waals surface area (Å²) in [7, 11) is 0. The van der Waals surface area contributed by atoms with Gasteiger partial charge >= 0.3 is 6.18 Å². The Morgan fingerprint density at radius 2 is 2.11 bits per heavy atom. The number of hydrogen-bond acceptors (Lipinski definition) is 2. The van der Waals surface area contributed by atoms with Crippen LogP contribution in [-0.2, 0) is 4.79 Å². The molecule has 1 amide bonds. The Hall–Kier alpha value is -0.780. The van der Waals surface area contributed by atoms with E-state index < -0.39 is 24.7 Å². The summed E-state index contributed by atoms with van der Waals surface area (Å²) in [4.78, 5) is 13.4. The average Bonchev–Trinajstić information content (AvgIpc) is 2.28. The zero-order valence-electron chi connectivity index (χ0n) is 10.7. The maximum absolute atomic E-state index is 12.3. The molecule has 0 bridgehead atoms. The molecule has 0 aromatic carbocycles. The molecule has 0 aromatic rings. The lowest BCUT2D eigenvalue weighted by Gasteiger charge is -2.37. The van der Waals surface area contributed by atoms with Gasteiger partial charge in [0, 0.05) is 24.9 Å². The summed E-state index contributed by atoms with van der Waals surface area (Å²) in [5.41, 5.74) is 0. The van der Waals surface area contributed by atoms with E-state index >= 15 is 0 Å². The molecular formula is C12H20F3NO2. The molecule has 0 radical (unpaired) electrons. The van der Waals surface area contributed by atoms with Gasteiger partial charge in [-0.1, -0.05) is 13.8 Å². The van der Waals surface area contributed by atoms with Crippen LogP contribution in [-0.4, -0.2) is 40.8 Å². The maximum Gasteiger partial charge on any atom is 0.414 e. The number of carbonyl (C=O) groups excluding carboxylic acids is 1. The van der Waals surface area contributed by atoms with Gasteiger partial charge < -0.3 is 10.0 Å². The van der Waals surface area contributed by atoms with Crippen molar-refractivity contribution in [2.24, 2.45) is 5.92 Å². The molecule has 18 heavy (non-hydrogen) atoms. The summed E-state index contributed by atoms with van der Waals surface area (Å²) in [5.74, 6) is -0.224. The fraction of sp³-hybridized carbons (Fsp3) is 0.917. The second-order valence-corrected chi connectivity index (χ2v) is 4.93. The molecule has 1 rings (SSSR count). The third kappa shape index (κ3) is 3.60. The van der Waals surface area contributed by atoms with Crippen LogP contribution in [0.1, 0.15) is 39.5 Å². The van der Waals surface area contributed by atoms with Gasteiger partial charge in [0.15, 0.2) is 6.10 Å². The number of alkyl halides is 3. The third-order valence-electron chi connectivity index (χ3n) is 3.53. The van der Waals surface area contributed by atoms with Gasteiger partial charge in [-0.2, -0.15) is 13.2 Å². The SMILES string of the molecule is CC[C@@H](CC(O)C(F)(F)F)N1CCCC(C)C1=O. The van der Waals surface area contributed by atoms with E-state index in [4.69, 9.17) is 5.11 Å². The van der Waals surface area contributed by atoms with E-state index in [1.165, 1.54) is 4.90 Å². The van der Waals surface area contributed by atoms with E-state index in [9.17, 15) is 18.0 Å². The Balaban J connectivity index is 2.68. The summed E-state index contributed by atoms with van der Waals surface area (Å²) >= 11 is 0. The summed E-state index contributed by atoms with van der Waals surface area (Å²) in [6.45, 7) is 4.02. The van der Waals surface area contributed by atoms with Crippen molar-refractivity contribution in [1.29, 1.82) is 0 Å². The van der Waals surface area contributed by atoms with Crippen LogP contribution < -0.4 is 0 Å². The highest BCUT2D eigenvalue weighted by Crippen LogP contribution is 2.28. The first kappa shape index (κ1) is 15.3. The second-order valence-electron chi connectivity index (χ2n) is 4.93. The smallest absolute Gasteiger partial charge is 0.384 e. The van der Waals surface area contributed by atoms with Gasteiger partial charge in [-0.05, 0) is 19.3 Å². The van der Waals surface area contributed by atoms with Gasteiger partial charge in [0.1, 0.15) is 0 Å². The lowest BCUT2D eigenvalue weighted by Crippen LogP contribution is -2.48. The van der Waals surface area contributed by atoms with Crippen LogP contribution in [0.25, 0.3) is 0 Å². The van der Waals surface area contributed by atoms with Crippen molar-refractivity contribution in [3.63, 3.8) is 0 Å². The van der Waals surface area contributed by atoms with Gasteiger partial charge in [0.05, 0.1) is 0 Å². The Morgan fingerprint density at radius 3 is 2.61 bits per heavy atom. The molecular weight excluding hydrogens is 247 g/mol. The van der Waals surface area contributed by atoms with E-state index in [0.29, 0.717) is 13.0 Å². The first-order valence-corrected chi connectivity index (χ1v) is 6.32. The topological polar surface area (TPSA) is 40.5 Å². The molecule has 0 aliphatic carbocycles. The molecule has 1 N–H and O–H groups in total. The molecule has 6 heteroatoms. The minimum atomic E-state index is -4.61. The van der Waals surface area contributed by atoms with Crippen LogP contribution in [0.15, 0.2) is 0 Å². The van der Waals surface area contributed by atoms with E-state index in [0.717, 1.165) is 12.8 Å². The number of amides is 1. The second kappa shape index (κ2) is 5.91. The number of piperidine rings is 1. The summed E-state index contributed by atoms with van der Waals surface area (Å²) in [6.07, 6.45) is -5.38. The molecule has 1 saturated heterocycles. The summed E-state index contributed by atoms with van der Waals surface area (Å²) in [5, 5.41) is 9.11. The van der Waals surface area contributed by atoms with E-state index in [-0.39, 0.29) is 11.8 Å². The highest BCUT2D eigenvalue weighted by atomic mass is 19.4. The highest BCUT2D eigenvalue weighted by molar-refractivity contribution is 5.79. The molecule has 3 atom stereocenters. The maximum atomic E-state index is 12.3. The van der Waals surface area contributed by atoms with Crippen LogP contribution in [0, 0.1) is 5.92 Å². The van der Waals surface area contributed by atoms with Gasteiger partial charge in [-0.25, -0.2) is 0 Å². The number of halogens is 3. The van der Waals surface area contributed by atoms with Crippen molar-refractivity contribution in [3.8, 4) is 0 Å². The number of nitrogens with zero attached hydrogens (tertiary/aromatic N) is 1. The lowest BCUT2D eigenvalue weighted by molar-refractivity contribution is -0.209. The summed E-state index contributed by atoms with van der Waals surface area (Å²) < 4.78 is 37.0. The van der Waals surface area contributed by atoms with Crippen molar-refractivity contribution in [2.75, 3.05) is 6.54 Å². The number of rotatable bonds is 4. The molecule has 1 heterocycles. The van der Waals surface area contributed by atoms with Crippen LogP contribution in [0.4, 0.5) is 13.2 Å². The minimum Gasteiger partial charge on any atom is -0.384 e. The molecule has 0 spiro atoms. The zero-order chi connectivity index (χ0) is 13.9. The normalized spacial score (nSPS) is 25.1. The van der Waals surface area contributed by atoms with Crippen LogP contribution in [0.2, 0.25) is 0 Å². The Bertz CT molecular complexity index is 294. The fourth-order valence-electron chi connectivity index (χ4n) is 2.35. The molecule has 2 unspecified atom stereocenters. The van der Waals surface area contributed by atoms with Gasteiger partial charge in [-0.15, -0.1) is 0 Å². The van der Waals surface area contributed by atoms with Crippen molar-refractivity contribution < 1.29 is 23.1 Å². The number of hydrogen-bond donors (Lipinski definition) is 1. The van der Waals surface area contributed by atoms with Crippen molar-refractivity contribution in [2.45, 2.75) is 57.9 Å². The molecule has 1 aliphatic heterocycles. The van der Waals surface area contributed by atoms with Gasteiger partial charge in [0.25, 0.3) is 0 Å². The van der Waals surface area contributed by atoms with Crippen LogP contribution in [0.5, 0.6) is 0 Å². The summed E-state index contributed by atoms with van der Waals surface area (Å²) in [6, 6.07) is -0.531. The number of likely N-dealkylation sites (tertiary alicyclic amines) is 1. The van der Waals surface area contributed by atoms with Crippen molar-refractivity contribution >= 4 is 5.91 Å². The van der Waals surface area contributed by atoms with Gasteiger partial charge in [-0.3, -0.25) is 4.79 Å². The lowest BCUT2D eigenvalue weighted by atomic mass is 9.95. The van der Waals surface area contributed by atoms with E-state index in [2.05, 4.69) is 0 Å². The largest absolute Gasteiger partial charge is 0.414 e. The third-order valence-corrected chi connectivity index (χ3v) is 3.53. The van der Waals surface area contributed by atoms with Crippen LogP contribution in [0.3, 0.4) is 0 Å². The number of aliphatic hydroxyl groups excluding tert-OH is 1. The van der Waals surface area contributed by atoms with Crippen molar-refractivity contribution in [1.82, 2.24) is 4.90 Å². The Labute approximate surface area is 105 Å². The Kier molecular flexibility index (Phi) is 5.01. The molecule has 1 aliphatic rings. The molecule has 3 nitrogen and oxygen atoms in total. The number of aliphatic hydroxyl groups is 1. The van der Waals surface area contributed by atoms with Crippen molar-refractivity contribution in [3.05, 3.63) is 0 Å². The quantitative estimate of drug-likeness (QED) is 0.849. The van der Waals surface area contributed by atoms with Crippen LogP contribution >= 0.6 is 0 Å². The minimum absolute atomic E-state index is 0.0949. The Morgan fingerprint density at radius 1 is 1.50 bits per heavy atom. The highest BCUT2D eigenvalue weighted by Gasteiger charge is 2.41. The molecule has 0 aromatic heterocycles. The monoisotopic (exact) mass is 267 g/mol. The standard InChI is InChI=1S/C12H20F3NO2/c1-3-9(7-10(17)12(13,14)15)16-6-4-5-8(2)11(16)18/h8-10,17H,3-7H2,1-2H3/t8?,9-,10?/m0/s1. The fourth-order valence-corrected chi connectivity index (χ4v) is 2.35. The molecule has 106 valence electrons. The first-order valence-electron chi connectivity index (χ1n) is 6.32. The predicted octanol–water partition coefficient (Wildman–Crippen LogP) is 2.34. The average molecular weight is 267 g/mol. The predicted molar refractivity (Wildman–Crippen MR) is 60.9 cm³/mol. The van der Waals surface area contributed by atoms with E-state index in [1.54, 1.807) is 13.8 Å². The first-order chi connectivity index (χ1) is 8.27. The van der Waals surface area contributed by atoms with E-state index in [1.807, 2.05) is 0 Å². The molecule has 1 fully saturated rings. The number of carbonyl (C=O) groups is 1. The van der Waals surface area contributed by atoms with Gasteiger partial charge in [0.2, 0.25) is 5.91 Å².